The van der Waals surface area contributed by atoms with Crippen molar-refractivity contribution in [1.82, 2.24) is 24.7 Å². The summed E-state index contributed by atoms with van der Waals surface area (Å²) in [6, 6.07) is 0. The van der Waals surface area contributed by atoms with Gasteiger partial charge < -0.3 is 5.11 Å². The van der Waals surface area contributed by atoms with Crippen LogP contribution in [-0.4, -0.2) is 29.8 Å². The predicted octanol–water partition coefficient (Wildman–Crippen LogP) is 1.07. The molecule has 0 aliphatic carbocycles. The number of H-pyrrole nitrogens is 1. The van der Waals surface area contributed by atoms with Crippen molar-refractivity contribution in [2.45, 2.75) is 36.7 Å². The van der Waals surface area contributed by atoms with Gasteiger partial charge in [0.2, 0.25) is 0 Å². The number of hydrogen-bond acceptors (Lipinski definition) is 6. The highest BCUT2D eigenvalue weighted by Crippen LogP contribution is 2.29. The van der Waals surface area contributed by atoms with Gasteiger partial charge in [-0.2, -0.15) is 0 Å². The lowest BCUT2D eigenvalue weighted by Gasteiger charge is -2.07. The maximum absolute atomic E-state index is 11.6. The van der Waals surface area contributed by atoms with Gasteiger partial charge in [0, 0.05) is 12.1 Å². The molecule has 0 radical (unpaired) electrons. The van der Waals surface area contributed by atoms with Crippen molar-refractivity contribution in [3.8, 4) is 0 Å². The second-order valence-corrected chi connectivity index (χ2v) is 4.99. The normalized spacial score (nSPS) is 10.9. The van der Waals surface area contributed by atoms with Gasteiger partial charge in [-0.1, -0.05) is 18.5 Å². The van der Waals surface area contributed by atoms with Crippen LogP contribution in [0, 0.1) is 0 Å². The van der Waals surface area contributed by atoms with Crippen LogP contribution in [0.4, 0.5) is 0 Å². The van der Waals surface area contributed by atoms with Crippen LogP contribution in [-0.2, 0) is 13.2 Å². The summed E-state index contributed by atoms with van der Waals surface area (Å²) >= 11 is 7.05. The molecule has 0 amide bonds. The first-order valence-electron chi connectivity index (χ1n) is 5.60. The number of aliphatic hydroxyl groups excluding tert-OH is 1. The Morgan fingerprint density at radius 2 is 2.32 bits per heavy atom. The first kappa shape index (κ1) is 14.0. The molecule has 2 aromatic heterocycles. The Hall–Kier alpha value is -1.38. The lowest BCUT2D eigenvalue weighted by molar-refractivity contribution is 0.277. The molecule has 19 heavy (non-hydrogen) atoms. The van der Waals surface area contributed by atoms with Gasteiger partial charge in [-0.3, -0.25) is 4.57 Å². The summed E-state index contributed by atoms with van der Waals surface area (Å²) in [5.74, 6) is 0. The lowest BCUT2D eigenvalue weighted by atomic mass is 10.4. The second kappa shape index (κ2) is 6.18. The summed E-state index contributed by atoms with van der Waals surface area (Å²) in [7, 11) is 0. The summed E-state index contributed by atoms with van der Waals surface area (Å²) in [5.41, 5.74) is 0.155. The number of rotatable bonds is 5. The highest BCUT2D eigenvalue weighted by molar-refractivity contribution is 7.99. The van der Waals surface area contributed by atoms with E-state index in [4.69, 9.17) is 11.6 Å². The number of nitrogens with zero attached hydrogens (tertiary/aromatic N) is 4. The van der Waals surface area contributed by atoms with Crippen LogP contribution in [0.3, 0.4) is 0 Å². The summed E-state index contributed by atoms with van der Waals surface area (Å²) < 4.78 is 1.52. The third kappa shape index (κ3) is 2.96. The Balaban J connectivity index is 2.36. The van der Waals surface area contributed by atoms with E-state index in [2.05, 4.69) is 20.2 Å². The zero-order valence-corrected chi connectivity index (χ0v) is 11.7. The molecule has 9 heteroatoms. The molecule has 2 rings (SSSR count). The fourth-order valence-electron chi connectivity index (χ4n) is 1.49. The molecule has 0 fully saturated rings. The molecule has 0 spiro atoms. The van der Waals surface area contributed by atoms with E-state index in [0.29, 0.717) is 22.3 Å². The Morgan fingerprint density at radius 3 is 3.00 bits per heavy atom. The molecular formula is C10H12ClN5O2S. The van der Waals surface area contributed by atoms with Crippen molar-refractivity contribution in [3.63, 3.8) is 0 Å². The Bertz CT molecular complexity index is 627. The molecule has 0 aliphatic heterocycles. The fourth-order valence-corrected chi connectivity index (χ4v) is 2.67. The van der Waals surface area contributed by atoms with E-state index >= 15 is 0 Å². The smallest absolute Gasteiger partial charge is 0.343 e. The molecule has 102 valence electrons. The molecule has 2 N–H and O–H groups in total. The lowest BCUT2D eigenvalue weighted by Crippen LogP contribution is -2.17. The van der Waals surface area contributed by atoms with Crippen LogP contribution in [0.25, 0.3) is 0 Å². The number of nitrogens with one attached hydrogen (secondary N) is 1. The van der Waals surface area contributed by atoms with Crippen molar-refractivity contribution < 1.29 is 5.11 Å². The van der Waals surface area contributed by atoms with Crippen LogP contribution in [0.1, 0.15) is 18.9 Å². The number of aromatic amines is 1. The molecule has 0 atom stereocenters. The summed E-state index contributed by atoms with van der Waals surface area (Å²) in [4.78, 5) is 19.4. The van der Waals surface area contributed by atoms with E-state index in [1.807, 2.05) is 6.92 Å². The van der Waals surface area contributed by atoms with E-state index in [1.165, 1.54) is 22.7 Å². The van der Waals surface area contributed by atoms with Crippen molar-refractivity contribution in [3.05, 3.63) is 27.5 Å². The molecule has 0 bridgehead atoms. The fraction of sp³-hybridized carbons (Fsp3) is 0.400. The van der Waals surface area contributed by atoms with Gasteiger partial charge in [-0.25, -0.2) is 19.9 Å². The molecule has 0 saturated heterocycles. The van der Waals surface area contributed by atoms with Crippen molar-refractivity contribution in [1.29, 1.82) is 0 Å². The van der Waals surface area contributed by atoms with Crippen LogP contribution in [0.2, 0.25) is 5.15 Å². The minimum absolute atomic E-state index is 0.194. The quantitative estimate of drug-likeness (QED) is 0.802. The molecule has 2 heterocycles. The van der Waals surface area contributed by atoms with Crippen molar-refractivity contribution in [2.24, 2.45) is 0 Å². The number of aromatic nitrogens is 5. The van der Waals surface area contributed by atoms with E-state index in [-0.39, 0.29) is 17.4 Å². The predicted molar refractivity (Wildman–Crippen MR) is 70.2 cm³/mol. The average Bonchev–Trinajstić information content (AvgIpc) is 2.72. The molecular weight excluding hydrogens is 290 g/mol. The summed E-state index contributed by atoms with van der Waals surface area (Å²) in [5, 5.41) is 16.8. The van der Waals surface area contributed by atoms with Gasteiger partial charge >= 0.3 is 5.69 Å². The van der Waals surface area contributed by atoms with Crippen molar-refractivity contribution >= 4 is 23.4 Å². The van der Waals surface area contributed by atoms with Crippen LogP contribution < -0.4 is 5.69 Å². The largest absolute Gasteiger partial charge is 0.391 e. The minimum Gasteiger partial charge on any atom is -0.391 e. The van der Waals surface area contributed by atoms with Crippen LogP contribution >= 0.6 is 23.4 Å². The van der Waals surface area contributed by atoms with Gasteiger partial charge in [0.25, 0.3) is 0 Å². The van der Waals surface area contributed by atoms with Gasteiger partial charge in [-0.15, -0.1) is 5.10 Å². The van der Waals surface area contributed by atoms with Crippen LogP contribution in [0.5, 0.6) is 0 Å². The third-order valence-corrected chi connectivity index (χ3v) is 3.73. The van der Waals surface area contributed by atoms with Gasteiger partial charge in [0.15, 0.2) is 5.16 Å². The van der Waals surface area contributed by atoms with Crippen molar-refractivity contribution in [2.75, 3.05) is 0 Å². The zero-order chi connectivity index (χ0) is 13.8. The van der Waals surface area contributed by atoms with Crippen LogP contribution in [0.15, 0.2) is 21.3 Å². The Kier molecular flexibility index (Phi) is 4.56. The van der Waals surface area contributed by atoms with Gasteiger partial charge in [-0.05, 0) is 18.2 Å². The second-order valence-electron chi connectivity index (χ2n) is 3.67. The monoisotopic (exact) mass is 301 g/mol. The number of aliphatic hydroxyl groups is 1. The molecule has 0 saturated carbocycles. The molecule has 0 aromatic carbocycles. The molecule has 0 aliphatic rings. The standard InChI is InChI=1S/C10H12ClN5O2S/c1-2-3-16-9(18)14-15-10(16)19-8-6(4-17)7(11)12-5-13-8/h5,17H,2-4H2,1H3,(H,14,18). The Labute approximate surface area is 118 Å². The first-order chi connectivity index (χ1) is 9.17. The topological polar surface area (TPSA) is 96.7 Å². The third-order valence-electron chi connectivity index (χ3n) is 2.37. The SMILES string of the molecule is CCCn1c(Sc2ncnc(Cl)c2CO)n[nH]c1=O. The molecule has 7 nitrogen and oxygen atoms in total. The first-order valence-corrected chi connectivity index (χ1v) is 6.80. The maximum Gasteiger partial charge on any atom is 0.343 e. The van der Waals surface area contributed by atoms with E-state index in [1.54, 1.807) is 0 Å². The summed E-state index contributed by atoms with van der Waals surface area (Å²) in [6.45, 7) is 2.25. The number of hydrogen-bond donors (Lipinski definition) is 2. The van der Waals surface area contributed by atoms with Gasteiger partial charge in [0.1, 0.15) is 16.5 Å². The highest BCUT2D eigenvalue weighted by Gasteiger charge is 2.15. The van der Waals surface area contributed by atoms with E-state index in [9.17, 15) is 9.90 Å². The molecule has 2 aromatic rings. The number of halogens is 1. The maximum atomic E-state index is 11.6. The molecule has 0 unspecified atom stereocenters. The van der Waals surface area contributed by atoms with E-state index < -0.39 is 0 Å². The van der Waals surface area contributed by atoms with Gasteiger partial charge in [0.05, 0.1) is 6.61 Å². The van der Waals surface area contributed by atoms with E-state index in [0.717, 1.165) is 6.42 Å². The summed E-state index contributed by atoms with van der Waals surface area (Å²) in [6.07, 6.45) is 2.11. The highest BCUT2D eigenvalue weighted by atomic mass is 35.5. The zero-order valence-electron chi connectivity index (χ0n) is 10.1. The minimum atomic E-state index is -0.273. The average molecular weight is 302 g/mol. The Morgan fingerprint density at radius 1 is 1.53 bits per heavy atom.